The van der Waals surface area contributed by atoms with E-state index in [9.17, 15) is 5.11 Å². The molecule has 118 valence electrons. The maximum Gasteiger partial charge on any atom is 0.0764 e. The van der Waals surface area contributed by atoms with E-state index in [4.69, 9.17) is 4.74 Å². The molecule has 2 aliphatic rings. The maximum atomic E-state index is 10.3. The van der Waals surface area contributed by atoms with E-state index in [1.54, 1.807) is 0 Å². The van der Waals surface area contributed by atoms with Gasteiger partial charge in [-0.15, -0.1) is 0 Å². The van der Waals surface area contributed by atoms with Crippen molar-refractivity contribution in [3.8, 4) is 0 Å². The second kappa shape index (κ2) is 6.46. The quantitative estimate of drug-likeness (QED) is 0.920. The molecule has 3 heterocycles. The fraction of sp³-hybridized carbons (Fsp3) is 0.812. The first-order chi connectivity index (χ1) is 10.1. The normalized spacial score (nSPS) is 31.1. The summed E-state index contributed by atoms with van der Waals surface area (Å²) in [6.07, 6.45) is 4.99. The highest BCUT2D eigenvalue weighted by atomic mass is 16.5. The number of rotatable bonds is 4. The van der Waals surface area contributed by atoms with Crippen LogP contribution in [0.5, 0.6) is 0 Å². The Morgan fingerprint density at radius 3 is 3.00 bits per heavy atom. The van der Waals surface area contributed by atoms with Gasteiger partial charge >= 0.3 is 0 Å². The van der Waals surface area contributed by atoms with Crippen LogP contribution in [-0.4, -0.2) is 51.7 Å². The molecular weight excluding hydrogens is 266 g/mol. The molecular formula is C16H27N3O2. The molecule has 3 rings (SSSR count). The van der Waals surface area contributed by atoms with Gasteiger partial charge in [0.15, 0.2) is 0 Å². The third-order valence-electron chi connectivity index (χ3n) is 4.83. The van der Waals surface area contributed by atoms with Gasteiger partial charge in [0.1, 0.15) is 0 Å². The summed E-state index contributed by atoms with van der Waals surface area (Å²) in [6.45, 7) is 7.66. The summed E-state index contributed by atoms with van der Waals surface area (Å²) in [4.78, 5) is 2.48. The SMILES string of the molecule is CC(C)n1ccc(CN2CCC[C@@H]2[C@@H]2COCC[C@H]2O)n1. The van der Waals surface area contributed by atoms with Crippen LogP contribution in [0.4, 0.5) is 0 Å². The van der Waals surface area contributed by atoms with Crippen molar-refractivity contribution in [3.63, 3.8) is 0 Å². The Morgan fingerprint density at radius 1 is 1.43 bits per heavy atom. The van der Waals surface area contributed by atoms with Crippen molar-refractivity contribution in [1.29, 1.82) is 0 Å². The monoisotopic (exact) mass is 293 g/mol. The summed E-state index contributed by atoms with van der Waals surface area (Å²) in [5, 5.41) is 14.9. The summed E-state index contributed by atoms with van der Waals surface area (Å²) < 4.78 is 7.61. The number of nitrogens with zero attached hydrogens (tertiary/aromatic N) is 3. The summed E-state index contributed by atoms with van der Waals surface area (Å²) in [6, 6.07) is 2.95. The van der Waals surface area contributed by atoms with Crippen LogP contribution in [-0.2, 0) is 11.3 Å². The van der Waals surface area contributed by atoms with Crippen molar-refractivity contribution in [1.82, 2.24) is 14.7 Å². The van der Waals surface area contributed by atoms with Crippen LogP contribution in [0, 0.1) is 5.92 Å². The Hall–Kier alpha value is -0.910. The number of ether oxygens (including phenoxy) is 1. The van der Waals surface area contributed by atoms with Crippen LogP contribution < -0.4 is 0 Å². The van der Waals surface area contributed by atoms with E-state index in [0.29, 0.717) is 25.3 Å². The standard InChI is InChI=1S/C16H27N3O2/c1-12(2)19-8-5-13(17-19)10-18-7-3-4-15(18)14-11-21-9-6-16(14)20/h5,8,12,14-16,20H,3-4,6-7,9-11H2,1-2H3/t14-,15+,16+/m0/s1. The molecule has 5 nitrogen and oxygen atoms in total. The van der Waals surface area contributed by atoms with Gasteiger partial charge in [-0.2, -0.15) is 5.10 Å². The van der Waals surface area contributed by atoms with Gasteiger partial charge in [0.25, 0.3) is 0 Å². The molecule has 2 aliphatic heterocycles. The fourth-order valence-corrected chi connectivity index (χ4v) is 3.61. The first-order valence-corrected chi connectivity index (χ1v) is 8.19. The van der Waals surface area contributed by atoms with E-state index in [0.717, 1.165) is 31.6 Å². The van der Waals surface area contributed by atoms with Gasteiger partial charge in [-0.05, 0) is 45.7 Å². The maximum absolute atomic E-state index is 10.3. The average molecular weight is 293 g/mol. The van der Waals surface area contributed by atoms with Gasteiger partial charge in [-0.3, -0.25) is 9.58 Å². The predicted molar refractivity (Wildman–Crippen MR) is 81.0 cm³/mol. The Bertz CT molecular complexity index is 460. The van der Waals surface area contributed by atoms with Gasteiger partial charge in [-0.25, -0.2) is 0 Å². The van der Waals surface area contributed by atoms with Crippen molar-refractivity contribution < 1.29 is 9.84 Å². The summed E-state index contributed by atoms with van der Waals surface area (Å²) in [7, 11) is 0. The van der Waals surface area contributed by atoms with Crippen LogP contribution in [0.3, 0.4) is 0 Å². The van der Waals surface area contributed by atoms with E-state index >= 15 is 0 Å². The first kappa shape index (κ1) is 15.0. The first-order valence-electron chi connectivity index (χ1n) is 8.19. The Kier molecular flexibility index (Phi) is 4.62. The van der Waals surface area contributed by atoms with E-state index in [-0.39, 0.29) is 12.0 Å². The molecule has 0 bridgehead atoms. The number of aliphatic hydroxyl groups excluding tert-OH is 1. The minimum Gasteiger partial charge on any atom is -0.393 e. The second-order valence-electron chi connectivity index (χ2n) is 6.66. The molecule has 0 spiro atoms. The van der Waals surface area contributed by atoms with Crippen LogP contribution in [0.1, 0.15) is 44.8 Å². The van der Waals surface area contributed by atoms with Crippen LogP contribution in [0.15, 0.2) is 12.3 Å². The molecule has 0 amide bonds. The third-order valence-corrected chi connectivity index (χ3v) is 4.83. The van der Waals surface area contributed by atoms with Gasteiger partial charge in [-0.1, -0.05) is 0 Å². The van der Waals surface area contributed by atoms with Gasteiger partial charge < -0.3 is 9.84 Å². The van der Waals surface area contributed by atoms with Crippen LogP contribution >= 0.6 is 0 Å². The number of aliphatic hydroxyl groups is 1. The molecule has 2 saturated heterocycles. The van der Waals surface area contributed by atoms with Crippen molar-refractivity contribution in [3.05, 3.63) is 18.0 Å². The zero-order valence-electron chi connectivity index (χ0n) is 13.1. The molecule has 21 heavy (non-hydrogen) atoms. The van der Waals surface area contributed by atoms with E-state index < -0.39 is 0 Å². The molecule has 0 aliphatic carbocycles. The van der Waals surface area contributed by atoms with E-state index in [1.165, 1.54) is 6.42 Å². The highest BCUT2D eigenvalue weighted by Crippen LogP contribution is 2.30. The highest BCUT2D eigenvalue weighted by molar-refractivity contribution is 5.02. The lowest BCUT2D eigenvalue weighted by Gasteiger charge is -2.36. The summed E-state index contributed by atoms with van der Waals surface area (Å²) in [5.74, 6) is 0.258. The molecule has 1 N–H and O–H groups in total. The number of hydrogen-bond acceptors (Lipinski definition) is 4. The van der Waals surface area contributed by atoms with Crippen molar-refractivity contribution in [2.45, 2.75) is 57.8 Å². The highest BCUT2D eigenvalue weighted by Gasteiger charge is 2.37. The molecule has 0 radical (unpaired) electrons. The molecule has 1 aromatic rings. The summed E-state index contributed by atoms with van der Waals surface area (Å²) in [5.41, 5.74) is 1.13. The van der Waals surface area contributed by atoms with Gasteiger partial charge in [0.05, 0.1) is 18.4 Å². The minimum absolute atomic E-state index is 0.211. The van der Waals surface area contributed by atoms with Crippen LogP contribution in [0.25, 0.3) is 0 Å². The predicted octanol–water partition coefficient (Wildman–Crippen LogP) is 1.83. The largest absolute Gasteiger partial charge is 0.393 e. The van der Waals surface area contributed by atoms with Crippen molar-refractivity contribution >= 4 is 0 Å². The minimum atomic E-state index is -0.211. The third kappa shape index (κ3) is 3.30. The number of hydrogen-bond donors (Lipinski definition) is 1. The van der Waals surface area contributed by atoms with Crippen LogP contribution in [0.2, 0.25) is 0 Å². The van der Waals surface area contributed by atoms with E-state index in [2.05, 4.69) is 36.1 Å². The molecule has 3 atom stereocenters. The number of likely N-dealkylation sites (tertiary alicyclic amines) is 1. The lowest BCUT2D eigenvalue weighted by molar-refractivity contribution is -0.0637. The van der Waals surface area contributed by atoms with Crippen molar-refractivity contribution in [2.75, 3.05) is 19.8 Å². The Labute approximate surface area is 126 Å². The van der Waals surface area contributed by atoms with Gasteiger partial charge in [0.2, 0.25) is 0 Å². The Morgan fingerprint density at radius 2 is 2.29 bits per heavy atom. The molecule has 1 aromatic heterocycles. The van der Waals surface area contributed by atoms with E-state index in [1.807, 2.05) is 4.68 Å². The zero-order valence-corrected chi connectivity index (χ0v) is 13.1. The zero-order chi connectivity index (χ0) is 14.8. The van der Waals surface area contributed by atoms with Crippen molar-refractivity contribution in [2.24, 2.45) is 5.92 Å². The Balaban J connectivity index is 1.65. The summed E-state index contributed by atoms with van der Waals surface area (Å²) >= 11 is 0. The molecule has 0 unspecified atom stereocenters. The van der Waals surface area contributed by atoms with Gasteiger partial charge in [0, 0.05) is 37.4 Å². The average Bonchev–Trinajstić information content (AvgIpc) is 3.09. The lowest BCUT2D eigenvalue weighted by Crippen LogP contribution is -2.45. The second-order valence-corrected chi connectivity index (χ2v) is 6.66. The fourth-order valence-electron chi connectivity index (χ4n) is 3.61. The molecule has 2 fully saturated rings. The lowest BCUT2D eigenvalue weighted by atomic mass is 9.89. The molecule has 5 heteroatoms. The molecule has 0 saturated carbocycles. The molecule has 0 aromatic carbocycles. The topological polar surface area (TPSA) is 50.5 Å². The number of aromatic nitrogens is 2. The smallest absolute Gasteiger partial charge is 0.0764 e.